The van der Waals surface area contributed by atoms with Crippen LogP contribution in [0.4, 0.5) is 0 Å². The summed E-state index contributed by atoms with van der Waals surface area (Å²) in [5.41, 5.74) is -0.0299. The predicted molar refractivity (Wildman–Crippen MR) is 141 cm³/mol. The molecular formula is C28H49NO9. The van der Waals surface area contributed by atoms with Crippen LogP contribution in [0.3, 0.4) is 0 Å². The smallest absolute Gasteiger partial charge is 0.261 e. The Balaban J connectivity index is 1.40. The zero-order valence-electron chi connectivity index (χ0n) is 23.3. The van der Waals surface area contributed by atoms with Gasteiger partial charge in [-0.25, -0.2) is 0 Å². The molecule has 2 rings (SSSR count). The fraction of sp³-hybridized carbons (Fsp3) is 0.857. The molecule has 2 aliphatic heterocycles. The molecule has 0 saturated carbocycles. The number of allylic oxidation sites excluding steroid dienone is 1. The Labute approximate surface area is 226 Å². The van der Waals surface area contributed by atoms with Crippen LogP contribution >= 0.6 is 0 Å². The van der Waals surface area contributed by atoms with Crippen LogP contribution in [0, 0.1) is 5.92 Å². The van der Waals surface area contributed by atoms with Gasteiger partial charge in [-0.1, -0.05) is 77.6 Å². The Bertz CT molecular complexity index is 751. The normalized spacial score (nSPS) is 30.2. The third-order valence-electron chi connectivity index (χ3n) is 7.82. The lowest BCUT2D eigenvalue weighted by Gasteiger charge is -2.37. The van der Waals surface area contributed by atoms with Crippen molar-refractivity contribution in [2.75, 3.05) is 13.7 Å². The van der Waals surface area contributed by atoms with Gasteiger partial charge >= 0.3 is 0 Å². The molecule has 0 spiro atoms. The SMILES string of the molecule is CC(CCCCCCCCCCCCCCOC1OC(O)C(O)C(O)C1O)/C(O)=C1\C(=O)C(C)N(C)C1=O. The summed E-state index contributed by atoms with van der Waals surface area (Å²) >= 11 is 0. The molecule has 0 aromatic rings. The van der Waals surface area contributed by atoms with E-state index < -0.39 is 36.9 Å². The number of Topliss-reactive ketones (excluding diaryl/α,β-unsaturated/α-hetero) is 1. The molecule has 7 atom stereocenters. The minimum Gasteiger partial charge on any atom is -0.511 e. The number of aliphatic hydroxyl groups is 5. The number of nitrogens with zero attached hydrogens (tertiary/aromatic N) is 1. The number of hydrogen-bond donors (Lipinski definition) is 5. The summed E-state index contributed by atoms with van der Waals surface area (Å²) in [4.78, 5) is 25.8. The Morgan fingerprint density at radius 1 is 0.842 bits per heavy atom. The van der Waals surface area contributed by atoms with Gasteiger partial charge in [-0.15, -0.1) is 0 Å². The summed E-state index contributed by atoms with van der Waals surface area (Å²) in [6, 6.07) is -0.505. The molecule has 2 fully saturated rings. The summed E-state index contributed by atoms with van der Waals surface area (Å²) < 4.78 is 10.4. The van der Waals surface area contributed by atoms with E-state index in [9.17, 15) is 35.1 Å². The van der Waals surface area contributed by atoms with E-state index in [1.807, 2.05) is 6.92 Å². The molecule has 7 unspecified atom stereocenters. The largest absolute Gasteiger partial charge is 0.511 e. The lowest BCUT2D eigenvalue weighted by atomic mass is 9.95. The first kappa shape index (κ1) is 32.7. The maximum atomic E-state index is 12.2. The molecule has 0 aromatic heterocycles. The lowest BCUT2D eigenvalue weighted by Crippen LogP contribution is -2.58. The molecular weight excluding hydrogens is 494 g/mol. The number of aliphatic hydroxyl groups excluding tert-OH is 5. The molecule has 2 aliphatic rings. The van der Waals surface area contributed by atoms with E-state index in [2.05, 4.69) is 0 Å². The number of carbonyl (C=O) groups is 2. The zero-order valence-corrected chi connectivity index (χ0v) is 23.3. The number of hydrogen-bond acceptors (Lipinski definition) is 9. The van der Waals surface area contributed by atoms with Crippen molar-refractivity contribution in [2.45, 2.75) is 134 Å². The second-order valence-electron chi connectivity index (χ2n) is 10.9. The highest BCUT2D eigenvalue weighted by Crippen LogP contribution is 2.27. The van der Waals surface area contributed by atoms with Crippen LogP contribution in [-0.4, -0.2) is 92.7 Å². The average molecular weight is 544 g/mol. The third-order valence-corrected chi connectivity index (χ3v) is 7.82. The van der Waals surface area contributed by atoms with Crippen molar-refractivity contribution in [2.24, 2.45) is 5.92 Å². The van der Waals surface area contributed by atoms with Crippen LogP contribution in [0.1, 0.15) is 97.3 Å². The van der Waals surface area contributed by atoms with Gasteiger partial charge in [-0.2, -0.15) is 0 Å². The van der Waals surface area contributed by atoms with Crippen molar-refractivity contribution in [1.29, 1.82) is 0 Å². The van der Waals surface area contributed by atoms with Crippen LogP contribution in [0.5, 0.6) is 0 Å². The highest BCUT2D eigenvalue weighted by Gasteiger charge is 2.43. The van der Waals surface area contributed by atoms with Crippen LogP contribution in [0.2, 0.25) is 0 Å². The van der Waals surface area contributed by atoms with Gasteiger partial charge in [0.1, 0.15) is 29.6 Å². The zero-order chi connectivity index (χ0) is 28.2. The number of rotatable bonds is 17. The average Bonchev–Trinajstić information content (AvgIpc) is 3.09. The summed E-state index contributed by atoms with van der Waals surface area (Å²) in [6.45, 7) is 3.90. The summed E-state index contributed by atoms with van der Waals surface area (Å²) in [5.74, 6) is -0.908. The van der Waals surface area contributed by atoms with Gasteiger partial charge in [0.15, 0.2) is 18.4 Å². The third kappa shape index (κ3) is 9.27. The number of ether oxygens (including phenoxy) is 2. The van der Waals surface area contributed by atoms with Crippen molar-refractivity contribution in [3.05, 3.63) is 11.3 Å². The van der Waals surface area contributed by atoms with Gasteiger partial charge in [0, 0.05) is 19.6 Å². The molecule has 2 saturated heterocycles. The molecule has 10 nitrogen and oxygen atoms in total. The van der Waals surface area contributed by atoms with Crippen molar-refractivity contribution < 1.29 is 44.6 Å². The van der Waals surface area contributed by atoms with Gasteiger partial charge in [0.05, 0.1) is 6.04 Å². The summed E-state index contributed by atoms with van der Waals surface area (Å²) in [7, 11) is 1.59. The summed E-state index contributed by atoms with van der Waals surface area (Å²) in [6.07, 6.45) is 6.84. The number of likely N-dealkylation sites (N-methyl/N-ethyl adjacent to an activating group) is 1. The van der Waals surface area contributed by atoms with Gasteiger partial charge in [0.25, 0.3) is 5.91 Å². The van der Waals surface area contributed by atoms with Crippen LogP contribution in [-0.2, 0) is 19.1 Å². The number of unbranched alkanes of at least 4 members (excludes halogenated alkanes) is 11. The molecule has 10 heteroatoms. The Kier molecular flexibility index (Phi) is 14.2. The maximum absolute atomic E-state index is 12.2. The van der Waals surface area contributed by atoms with Crippen LogP contribution in [0.25, 0.3) is 0 Å². The lowest BCUT2D eigenvalue weighted by molar-refractivity contribution is -0.340. The fourth-order valence-electron chi connectivity index (χ4n) is 4.95. The molecule has 0 radical (unpaired) electrons. The molecule has 1 amide bonds. The van der Waals surface area contributed by atoms with E-state index in [0.29, 0.717) is 6.61 Å². The first-order chi connectivity index (χ1) is 18.1. The number of ketones is 1. The van der Waals surface area contributed by atoms with Gasteiger partial charge in [0.2, 0.25) is 0 Å². The highest BCUT2D eigenvalue weighted by molar-refractivity contribution is 6.26. The molecule has 5 N–H and O–H groups in total. The first-order valence-corrected chi connectivity index (χ1v) is 14.3. The van der Waals surface area contributed by atoms with E-state index in [-0.39, 0.29) is 28.9 Å². The molecule has 0 bridgehead atoms. The van der Waals surface area contributed by atoms with E-state index in [1.165, 1.54) is 37.0 Å². The van der Waals surface area contributed by atoms with Crippen molar-refractivity contribution in [3.8, 4) is 0 Å². The molecule has 38 heavy (non-hydrogen) atoms. The van der Waals surface area contributed by atoms with Gasteiger partial charge in [-0.3, -0.25) is 9.59 Å². The first-order valence-electron chi connectivity index (χ1n) is 14.3. The molecule has 0 aromatic carbocycles. The summed E-state index contributed by atoms with van der Waals surface area (Å²) in [5, 5.41) is 48.9. The second-order valence-corrected chi connectivity index (χ2v) is 10.9. The van der Waals surface area contributed by atoms with Crippen molar-refractivity contribution >= 4 is 11.7 Å². The van der Waals surface area contributed by atoms with E-state index in [4.69, 9.17) is 9.47 Å². The van der Waals surface area contributed by atoms with E-state index in [0.717, 1.165) is 51.4 Å². The number of amides is 1. The van der Waals surface area contributed by atoms with Crippen molar-refractivity contribution in [3.63, 3.8) is 0 Å². The number of carbonyl (C=O) groups excluding carboxylic acids is 2. The van der Waals surface area contributed by atoms with Gasteiger partial charge in [-0.05, 0) is 19.8 Å². The highest BCUT2D eigenvalue weighted by atomic mass is 16.7. The van der Waals surface area contributed by atoms with Crippen molar-refractivity contribution in [1.82, 2.24) is 4.90 Å². The maximum Gasteiger partial charge on any atom is 0.261 e. The fourth-order valence-corrected chi connectivity index (χ4v) is 4.95. The standard InChI is InChI=1S/C28H49NO9/c1-18(21(30)20-22(31)19(2)29(3)26(20)35)16-14-12-10-8-6-4-5-7-9-11-13-15-17-37-28-25(34)23(32)24(33)27(36)38-28/h18-19,23-25,27-28,30,32-34,36H,4-17H2,1-3H3/b21-20-. The predicted octanol–water partition coefficient (Wildman–Crippen LogP) is 2.71. The molecule has 2 heterocycles. The van der Waals surface area contributed by atoms with E-state index >= 15 is 0 Å². The Morgan fingerprint density at radius 2 is 1.34 bits per heavy atom. The van der Waals surface area contributed by atoms with Crippen LogP contribution < -0.4 is 0 Å². The minimum atomic E-state index is -1.58. The minimum absolute atomic E-state index is 0.0299. The molecule has 0 aliphatic carbocycles. The Hall–Kier alpha value is -1.56. The Morgan fingerprint density at radius 3 is 1.84 bits per heavy atom. The van der Waals surface area contributed by atoms with E-state index in [1.54, 1.807) is 14.0 Å². The number of likely N-dealkylation sites (tertiary alicyclic amines) is 1. The monoisotopic (exact) mass is 543 g/mol. The van der Waals surface area contributed by atoms with Crippen LogP contribution in [0.15, 0.2) is 11.3 Å². The second kappa shape index (κ2) is 16.5. The topological polar surface area (TPSA) is 157 Å². The quantitative estimate of drug-likeness (QED) is 0.0805. The van der Waals surface area contributed by atoms with Gasteiger partial charge < -0.3 is 39.9 Å². The molecule has 220 valence electrons.